The summed E-state index contributed by atoms with van der Waals surface area (Å²) in [6.45, 7) is 9.93. The fraction of sp³-hybridized carbons (Fsp3) is 0.286. The Morgan fingerprint density at radius 2 is 1.83 bits per heavy atom. The van der Waals surface area contributed by atoms with Crippen LogP contribution in [0.4, 0.5) is 0 Å². The third-order valence-electron chi connectivity index (χ3n) is 5.94. The van der Waals surface area contributed by atoms with E-state index in [2.05, 4.69) is 9.97 Å². The van der Waals surface area contributed by atoms with Crippen molar-refractivity contribution in [1.29, 1.82) is 0 Å². The number of aromatic nitrogens is 4. The minimum atomic E-state index is -0.211. The maximum Gasteiger partial charge on any atom is 0.261 e. The monoisotopic (exact) mass is 504 g/mol. The molecule has 0 saturated heterocycles. The summed E-state index contributed by atoms with van der Waals surface area (Å²) in [4.78, 5) is 27.1. The van der Waals surface area contributed by atoms with Crippen molar-refractivity contribution in [2.24, 2.45) is 0 Å². The van der Waals surface area contributed by atoms with Crippen molar-refractivity contribution < 1.29 is 9.47 Å². The van der Waals surface area contributed by atoms with E-state index < -0.39 is 0 Å². The van der Waals surface area contributed by atoms with Gasteiger partial charge in [-0.2, -0.15) is 0 Å². The van der Waals surface area contributed by atoms with Crippen LogP contribution in [0.25, 0.3) is 17.1 Å². The SMILES string of the molecule is COc1cccc(COc2cc(C)n(-c3cc(-c4nc(C(C)C)ncc4C)ncc3Cl)c(=O)c2C)c1. The van der Waals surface area contributed by atoms with Crippen molar-refractivity contribution in [3.05, 3.63) is 92.4 Å². The zero-order valence-corrected chi connectivity index (χ0v) is 22.1. The second-order valence-corrected chi connectivity index (χ2v) is 9.40. The van der Waals surface area contributed by atoms with E-state index in [9.17, 15) is 4.79 Å². The molecule has 0 atom stereocenters. The number of ether oxygens (including phenoxy) is 2. The molecule has 4 rings (SSSR count). The van der Waals surface area contributed by atoms with Crippen LogP contribution >= 0.6 is 11.6 Å². The Labute approximate surface area is 215 Å². The molecule has 0 unspecified atom stereocenters. The highest BCUT2D eigenvalue weighted by Gasteiger charge is 2.18. The minimum absolute atomic E-state index is 0.174. The van der Waals surface area contributed by atoms with Crippen LogP contribution in [-0.2, 0) is 6.61 Å². The summed E-state index contributed by atoms with van der Waals surface area (Å²) in [5, 5.41) is 0.365. The van der Waals surface area contributed by atoms with E-state index >= 15 is 0 Å². The molecule has 8 heteroatoms. The maximum atomic E-state index is 13.5. The predicted octanol–water partition coefficient (Wildman–Crippen LogP) is 5.98. The Hall–Kier alpha value is -3.71. The zero-order valence-electron chi connectivity index (χ0n) is 21.3. The number of rotatable bonds is 7. The molecule has 4 aromatic rings. The summed E-state index contributed by atoms with van der Waals surface area (Å²) < 4.78 is 12.9. The zero-order chi connectivity index (χ0) is 26.0. The van der Waals surface area contributed by atoms with Crippen molar-refractivity contribution in [3.8, 4) is 28.6 Å². The van der Waals surface area contributed by atoms with Crippen molar-refractivity contribution in [2.75, 3.05) is 7.11 Å². The molecule has 0 bridgehead atoms. The van der Waals surface area contributed by atoms with Gasteiger partial charge < -0.3 is 9.47 Å². The Morgan fingerprint density at radius 3 is 2.56 bits per heavy atom. The molecule has 0 amide bonds. The van der Waals surface area contributed by atoms with Gasteiger partial charge in [-0.1, -0.05) is 37.6 Å². The van der Waals surface area contributed by atoms with Crippen LogP contribution in [-0.4, -0.2) is 26.6 Å². The average Bonchev–Trinajstić information content (AvgIpc) is 2.87. The molecular weight excluding hydrogens is 476 g/mol. The number of nitrogens with zero attached hydrogens (tertiary/aromatic N) is 4. The molecule has 3 heterocycles. The summed E-state index contributed by atoms with van der Waals surface area (Å²) >= 11 is 6.55. The first-order valence-corrected chi connectivity index (χ1v) is 12.1. The van der Waals surface area contributed by atoms with E-state index in [1.165, 1.54) is 0 Å². The number of pyridine rings is 2. The molecule has 3 aromatic heterocycles. The van der Waals surface area contributed by atoms with Gasteiger partial charge in [0, 0.05) is 30.1 Å². The smallest absolute Gasteiger partial charge is 0.261 e. The number of aryl methyl sites for hydroxylation is 2. The van der Waals surface area contributed by atoms with Crippen LogP contribution in [0.1, 0.15) is 48.0 Å². The van der Waals surface area contributed by atoms with E-state index in [4.69, 9.17) is 26.1 Å². The van der Waals surface area contributed by atoms with Crippen LogP contribution < -0.4 is 15.0 Å². The first kappa shape index (κ1) is 25.4. The van der Waals surface area contributed by atoms with E-state index in [-0.39, 0.29) is 11.5 Å². The lowest BCUT2D eigenvalue weighted by atomic mass is 10.1. The van der Waals surface area contributed by atoms with Gasteiger partial charge in [0.1, 0.15) is 23.9 Å². The molecule has 1 aromatic carbocycles. The van der Waals surface area contributed by atoms with Gasteiger partial charge in [0.25, 0.3) is 5.56 Å². The quantitative estimate of drug-likeness (QED) is 0.308. The topological polar surface area (TPSA) is 79.1 Å². The molecule has 0 aliphatic heterocycles. The molecule has 186 valence electrons. The molecule has 0 radical (unpaired) electrons. The van der Waals surface area contributed by atoms with Crippen LogP contribution in [0.5, 0.6) is 11.5 Å². The fourth-order valence-electron chi connectivity index (χ4n) is 3.89. The van der Waals surface area contributed by atoms with E-state index in [1.807, 2.05) is 58.0 Å². The molecule has 0 fully saturated rings. The molecular formula is C28H29ClN4O3. The Kier molecular flexibility index (Phi) is 7.40. The van der Waals surface area contributed by atoms with Gasteiger partial charge in [-0.3, -0.25) is 14.3 Å². The molecule has 0 aliphatic rings. The highest BCUT2D eigenvalue weighted by molar-refractivity contribution is 6.32. The van der Waals surface area contributed by atoms with Gasteiger partial charge in [-0.15, -0.1) is 0 Å². The highest BCUT2D eigenvalue weighted by atomic mass is 35.5. The summed E-state index contributed by atoms with van der Waals surface area (Å²) in [6.07, 6.45) is 3.35. The van der Waals surface area contributed by atoms with Gasteiger partial charge in [-0.05, 0) is 50.1 Å². The molecule has 0 aliphatic carbocycles. The van der Waals surface area contributed by atoms with Crippen molar-refractivity contribution in [2.45, 2.75) is 47.1 Å². The van der Waals surface area contributed by atoms with Crippen molar-refractivity contribution in [1.82, 2.24) is 19.5 Å². The summed E-state index contributed by atoms with van der Waals surface area (Å²) in [5.74, 6) is 2.18. The number of methoxy groups -OCH3 is 1. The van der Waals surface area contributed by atoms with Gasteiger partial charge in [0.05, 0.1) is 34.8 Å². The largest absolute Gasteiger partial charge is 0.497 e. The first-order chi connectivity index (χ1) is 17.2. The van der Waals surface area contributed by atoms with Crippen molar-refractivity contribution in [3.63, 3.8) is 0 Å². The standard InChI is InChI=1S/C28H29ClN4O3/c1-16(2)27-31-13-17(3)26(32-27)23-12-24(22(29)14-30-23)33-18(4)10-25(19(5)28(33)34)36-15-20-8-7-9-21(11-20)35-6/h7-14,16H,15H2,1-6H3. The van der Waals surface area contributed by atoms with Gasteiger partial charge in [0.15, 0.2) is 0 Å². The highest BCUT2D eigenvalue weighted by Crippen LogP contribution is 2.29. The Morgan fingerprint density at radius 1 is 1.06 bits per heavy atom. The summed E-state index contributed by atoms with van der Waals surface area (Å²) in [5.41, 5.74) is 4.67. The third kappa shape index (κ3) is 5.11. The van der Waals surface area contributed by atoms with E-state index in [0.29, 0.717) is 45.7 Å². The number of hydrogen-bond acceptors (Lipinski definition) is 6. The first-order valence-electron chi connectivity index (χ1n) is 11.7. The maximum absolute atomic E-state index is 13.5. The molecule has 0 spiro atoms. The minimum Gasteiger partial charge on any atom is -0.497 e. The van der Waals surface area contributed by atoms with Crippen LogP contribution in [0.2, 0.25) is 5.02 Å². The van der Waals surface area contributed by atoms with Gasteiger partial charge >= 0.3 is 0 Å². The van der Waals surface area contributed by atoms with Crippen LogP contribution in [0.3, 0.4) is 0 Å². The van der Waals surface area contributed by atoms with E-state index in [1.54, 1.807) is 37.1 Å². The summed E-state index contributed by atoms with van der Waals surface area (Å²) in [6, 6.07) is 11.3. The summed E-state index contributed by atoms with van der Waals surface area (Å²) in [7, 11) is 1.62. The van der Waals surface area contributed by atoms with Crippen LogP contribution in [0, 0.1) is 20.8 Å². The Balaban J connectivity index is 1.73. The van der Waals surface area contributed by atoms with Gasteiger partial charge in [-0.25, -0.2) is 9.97 Å². The average molecular weight is 505 g/mol. The lowest BCUT2D eigenvalue weighted by molar-refractivity contribution is 0.301. The lowest BCUT2D eigenvalue weighted by Gasteiger charge is -2.17. The predicted molar refractivity (Wildman–Crippen MR) is 141 cm³/mol. The van der Waals surface area contributed by atoms with Gasteiger partial charge in [0.2, 0.25) is 0 Å². The molecule has 0 N–H and O–H groups in total. The Bertz CT molecular complexity index is 1480. The molecule has 0 saturated carbocycles. The molecule has 36 heavy (non-hydrogen) atoms. The fourth-order valence-corrected chi connectivity index (χ4v) is 4.08. The molecule has 7 nitrogen and oxygen atoms in total. The number of benzene rings is 1. The third-order valence-corrected chi connectivity index (χ3v) is 6.23. The van der Waals surface area contributed by atoms with E-state index in [0.717, 1.165) is 22.7 Å². The van der Waals surface area contributed by atoms with Crippen molar-refractivity contribution >= 4 is 11.6 Å². The normalized spacial score (nSPS) is 11.1. The number of hydrogen-bond donors (Lipinski definition) is 0. The second kappa shape index (κ2) is 10.5. The lowest BCUT2D eigenvalue weighted by Crippen LogP contribution is -2.24. The second-order valence-electron chi connectivity index (χ2n) is 8.99. The number of halogens is 1. The van der Waals surface area contributed by atoms with Crippen LogP contribution in [0.15, 0.2) is 53.6 Å².